The first kappa shape index (κ1) is 38.3. The number of aromatic nitrogens is 5. The van der Waals surface area contributed by atoms with Crippen molar-refractivity contribution in [2.45, 2.75) is 0 Å². The van der Waals surface area contributed by atoms with Gasteiger partial charge in [0.05, 0.1) is 22.1 Å². The highest BCUT2D eigenvalue weighted by molar-refractivity contribution is 5.93. The Kier molecular flexibility index (Phi) is 9.06. The Hall–Kier alpha value is -9.13. The fourth-order valence-corrected chi connectivity index (χ4v) is 9.25. The normalized spacial score (nSPS) is 11.6. The van der Waals surface area contributed by atoms with Crippen LogP contribution >= 0.6 is 0 Å². The Labute approximate surface area is 385 Å². The van der Waals surface area contributed by atoms with Crippen LogP contribution in [-0.2, 0) is 0 Å². The van der Waals surface area contributed by atoms with Crippen LogP contribution in [0.5, 0.6) is 0 Å². The number of benzene rings is 8. The van der Waals surface area contributed by atoms with Gasteiger partial charge in [-0.15, -0.1) is 0 Å². The molecule has 5 aromatic heterocycles. The largest absolute Gasteiger partial charge is 0.436 e. The van der Waals surface area contributed by atoms with Gasteiger partial charge in [-0.05, 0) is 160 Å². The topological polar surface area (TPSA) is 77.6 Å². The minimum Gasteiger partial charge on any atom is -0.436 e. The summed E-state index contributed by atoms with van der Waals surface area (Å²) in [4.78, 5) is 24.6. The van der Waals surface area contributed by atoms with E-state index in [9.17, 15) is 0 Å². The Morgan fingerprint density at radius 1 is 0.239 bits per heavy atom. The third kappa shape index (κ3) is 7.23. The maximum atomic E-state index is 6.53. The summed E-state index contributed by atoms with van der Waals surface area (Å²) in [6.45, 7) is 0. The van der Waals surface area contributed by atoms with Crippen LogP contribution < -0.4 is 0 Å². The van der Waals surface area contributed by atoms with E-state index in [-0.39, 0.29) is 0 Å². The number of fused-ring (bicyclic) bond motifs is 5. The third-order valence-electron chi connectivity index (χ3n) is 12.7. The number of para-hydroxylation sites is 6. The van der Waals surface area contributed by atoms with Crippen LogP contribution in [0.1, 0.15) is 0 Å². The van der Waals surface area contributed by atoms with Gasteiger partial charge in [-0.3, -0.25) is 19.9 Å². The number of rotatable bonds is 7. The number of hydrogen-bond donors (Lipinski definition) is 0. The summed E-state index contributed by atoms with van der Waals surface area (Å²) in [5.74, 6) is 0.548. The molecule has 0 aliphatic heterocycles. The first-order valence-corrected chi connectivity index (χ1v) is 22.3. The van der Waals surface area contributed by atoms with E-state index in [4.69, 9.17) is 29.3 Å². The molecule has 312 valence electrons. The van der Waals surface area contributed by atoms with Crippen molar-refractivity contribution in [2.24, 2.45) is 0 Å². The zero-order valence-corrected chi connectivity index (χ0v) is 36.0. The highest BCUT2D eigenvalue weighted by Crippen LogP contribution is 2.41. The average Bonchev–Trinajstić information content (AvgIpc) is 3.85. The molecule has 0 radical (unpaired) electrons. The molecule has 0 fully saturated rings. The highest BCUT2D eigenvalue weighted by atomic mass is 16.3. The zero-order chi connectivity index (χ0) is 44.3. The summed E-state index contributed by atoms with van der Waals surface area (Å²) in [7, 11) is 0. The Bertz CT molecular complexity index is 3630. The lowest BCUT2D eigenvalue weighted by Crippen LogP contribution is -1.92. The first-order chi connectivity index (χ1) is 33.1. The predicted molar refractivity (Wildman–Crippen MR) is 273 cm³/mol. The van der Waals surface area contributed by atoms with E-state index in [1.165, 1.54) is 0 Å². The molecular weight excluding hydrogens is 819 g/mol. The second-order valence-corrected chi connectivity index (χ2v) is 17.1. The Morgan fingerprint density at radius 3 is 0.836 bits per heavy atom. The van der Waals surface area contributed by atoms with Crippen LogP contribution in [0, 0.1) is 0 Å². The minimum absolute atomic E-state index is 0.548. The van der Waals surface area contributed by atoms with Crippen LogP contribution in [0.3, 0.4) is 0 Å². The fraction of sp³-hybridized carbons (Fsp3) is 0. The van der Waals surface area contributed by atoms with E-state index < -0.39 is 0 Å². The molecule has 0 N–H and O–H groups in total. The van der Waals surface area contributed by atoms with Gasteiger partial charge in [0.1, 0.15) is 5.52 Å². The van der Waals surface area contributed by atoms with Gasteiger partial charge >= 0.3 is 0 Å². The smallest absolute Gasteiger partial charge is 0.227 e. The highest BCUT2D eigenvalue weighted by Gasteiger charge is 2.17. The van der Waals surface area contributed by atoms with Crippen molar-refractivity contribution in [1.29, 1.82) is 0 Å². The van der Waals surface area contributed by atoms with E-state index >= 15 is 0 Å². The summed E-state index contributed by atoms with van der Waals surface area (Å²) >= 11 is 0. The summed E-state index contributed by atoms with van der Waals surface area (Å²) < 4.78 is 6.53. The molecule has 5 heterocycles. The van der Waals surface area contributed by atoms with E-state index in [1.807, 2.05) is 97.6 Å². The lowest BCUT2D eigenvalue weighted by atomic mass is 9.89. The molecule has 0 spiro atoms. The van der Waals surface area contributed by atoms with Crippen molar-refractivity contribution in [3.8, 4) is 78.2 Å². The Balaban J connectivity index is 1.05. The summed E-state index contributed by atoms with van der Waals surface area (Å²) in [5, 5.41) is 4.33. The second kappa shape index (κ2) is 15.8. The number of oxazole rings is 1. The lowest BCUT2D eigenvalue weighted by molar-refractivity contribution is 0.620. The molecule has 0 unspecified atom stereocenters. The van der Waals surface area contributed by atoms with Crippen molar-refractivity contribution in [3.05, 3.63) is 225 Å². The summed E-state index contributed by atoms with van der Waals surface area (Å²) in [5.41, 5.74) is 18.6. The van der Waals surface area contributed by atoms with Gasteiger partial charge in [0.2, 0.25) is 5.89 Å². The molecule has 0 amide bonds. The number of pyridine rings is 4. The fourth-order valence-electron chi connectivity index (χ4n) is 9.25. The van der Waals surface area contributed by atoms with Crippen molar-refractivity contribution >= 4 is 54.7 Å². The molecule has 0 saturated heterocycles. The van der Waals surface area contributed by atoms with Gasteiger partial charge in [0.25, 0.3) is 0 Å². The van der Waals surface area contributed by atoms with E-state index in [0.29, 0.717) is 5.89 Å². The van der Waals surface area contributed by atoms with Crippen molar-refractivity contribution in [2.75, 3.05) is 0 Å². The maximum absolute atomic E-state index is 6.53. The molecule has 13 rings (SSSR count). The van der Waals surface area contributed by atoms with Crippen molar-refractivity contribution in [1.82, 2.24) is 24.9 Å². The molecule has 0 saturated carbocycles. The SMILES string of the molecule is c1ccc2ncc(-c3cc(-c4cc(-c5cc(-c6cnc7ccccc7c6)cc(-c6cnc7ccccc7c6)c5)cc(-c5nc6ccccc6o5)c4)cc(-c4cnc5ccccc5c4)c3)cc2c1. The maximum Gasteiger partial charge on any atom is 0.227 e. The van der Waals surface area contributed by atoms with Gasteiger partial charge in [0.15, 0.2) is 5.58 Å². The van der Waals surface area contributed by atoms with Gasteiger partial charge in [-0.1, -0.05) is 84.9 Å². The molecule has 6 nitrogen and oxygen atoms in total. The lowest BCUT2D eigenvalue weighted by Gasteiger charge is -2.15. The predicted octanol–water partition coefficient (Wildman–Crippen LogP) is 15.7. The third-order valence-corrected chi connectivity index (χ3v) is 12.7. The van der Waals surface area contributed by atoms with Crippen molar-refractivity contribution in [3.63, 3.8) is 0 Å². The zero-order valence-electron chi connectivity index (χ0n) is 36.0. The van der Waals surface area contributed by atoms with Gasteiger partial charge in [-0.2, -0.15) is 0 Å². The monoisotopic (exact) mass is 855 g/mol. The quantitative estimate of drug-likeness (QED) is 0.159. The van der Waals surface area contributed by atoms with Crippen LogP contribution in [0.25, 0.3) is 133 Å². The second-order valence-electron chi connectivity index (χ2n) is 17.1. The molecule has 67 heavy (non-hydrogen) atoms. The summed E-state index contributed by atoms with van der Waals surface area (Å²) in [6.07, 6.45) is 7.89. The van der Waals surface area contributed by atoms with Crippen LogP contribution in [-0.4, -0.2) is 24.9 Å². The Morgan fingerprint density at radius 2 is 0.507 bits per heavy atom. The van der Waals surface area contributed by atoms with E-state index in [1.54, 1.807) is 0 Å². The molecule has 0 bridgehead atoms. The van der Waals surface area contributed by atoms with Gasteiger partial charge < -0.3 is 4.42 Å². The minimum atomic E-state index is 0.548. The van der Waals surface area contributed by atoms with Crippen LogP contribution in [0.15, 0.2) is 229 Å². The molecule has 0 aliphatic rings. The van der Waals surface area contributed by atoms with Gasteiger partial charge in [-0.25, -0.2) is 4.98 Å². The molecule has 13 aromatic rings. The average molecular weight is 856 g/mol. The molecule has 0 aliphatic carbocycles. The summed E-state index contributed by atoms with van der Waals surface area (Å²) in [6, 6.07) is 70.0. The molecule has 6 heteroatoms. The first-order valence-electron chi connectivity index (χ1n) is 22.3. The molecular formula is C61H37N5O. The number of nitrogens with zero attached hydrogens (tertiary/aromatic N) is 5. The van der Waals surface area contributed by atoms with Crippen LogP contribution in [0.2, 0.25) is 0 Å². The van der Waals surface area contributed by atoms with Crippen molar-refractivity contribution < 1.29 is 4.42 Å². The molecule has 0 atom stereocenters. The van der Waals surface area contributed by atoms with Gasteiger partial charge in [0, 0.05) is 74.1 Å². The van der Waals surface area contributed by atoms with E-state index in [2.05, 4.69) is 127 Å². The standard InChI is InChI=1S/C61H37N5O/c1-5-15-55-38(11-1)21-51(34-62-55)46-26-42(27-47(30-46)52-22-39-12-2-6-16-56(39)63-35-52)44-25-45(33-50(32-44)61-66-59-19-9-10-20-60(59)67-61)43-28-48(53-23-40-13-3-7-17-57(40)64-36-53)31-49(29-43)54-24-41-14-4-8-18-58(41)65-37-54/h1-37H. The van der Waals surface area contributed by atoms with Crippen LogP contribution in [0.4, 0.5) is 0 Å². The van der Waals surface area contributed by atoms with E-state index in [0.717, 1.165) is 127 Å². The number of hydrogen-bond acceptors (Lipinski definition) is 6. The molecule has 8 aromatic carbocycles.